The van der Waals surface area contributed by atoms with Crippen LogP contribution in [0.25, 0.3) is 0 Å². The maximum Gasteiger partial charge on any atom is 0.573 e. The number of alkyl halides is 3. The van der Waals surface area contributed by atoms with Gasteiger partial charge in [-0.2, -0.15) is 0 Å². The normalized spacial score (nSPS) is 16.0. The fourth-order valence-corrected chi connectivity index (χ4v) is 3.58. The number of halogens is 3. The molecular weight excluding hydrogens is 385 g/mol. The van der Waals surface area contributed by atoms with Crippen molar-refractivity contribution in [3.05, 3.63) is 53.0 Å². The maximum absolute atomic E-state index is 12.2. The van der Waals surface area contributed by atoms with Crippen molar-refractivity contribution in [1.82, 2.24) is 10.2 Å². The lowest BCUT2D eigenvalue weighted by atomic mass is 9.96. The van der Waals surface area contributed by atoms with Gasteiger partial charge in [0.1, 0.15) is 17.3 Å². The molecule has 2 heterocycles. The van der Waals surface area contributed by atoms with Crippen LogP contribution in [-0.4, -0.2) is 36.8 Å². The molecule has 1 aromatic carbocycles. The molecule has 3 rings (SSSR count). The monoisotopic (exact) mass is 410 g/mol. The van der Waals surface area contributed by atoms with Crippen LogP contribution in [0.5, 0.6) is 5.75 Å². The molecule has 0 atom stereocenters. The summed E-state index contributed by atoms with van der Waals surface area (Å²) < 4.78 is 46.0. The Bertz CT molecular complexity index is 823. The average Bonchev–Trinajstić information content (AvgIpc) is 2.97. The van der Waals surface area contributed by atoms with Gasteiger partial charge < -0.3 is 14.5 Å². The number of nitrogens with one attached hydrogen (secondary N) is 1. The summed E-state index contributed by atoms with van der Waals surface area (Å²) in [6, 6.07) is 7.01. The van der Waals surface area contributed by atoms with E-state index in [4.69, 9.17) is 4.42 Å². The first-order chi connectivity index (χ1) is 13.7. The van der Waals surface area contributed by atoms with Crippen LogP contribution in [0.4, 0.5) is 13.2 Å². The van der Waals surface area contributed by atoms with E-state index < -0.39 is 6.36 Å². The van der Waals surface area contributed by atoms with Gasteiger partial charge in [0.15, 0.2) is 0 Å². The Morgan fingerprint density at radius 1 is 1.21 bits per heavy atom. The molecule has 5 nitrogen and oxygen atoms in total. The zero-order chi connectivity index (χ0) is 21.0. The van der Waals surface area contributed by atoms with E-state index in [0.717, 1.165) is 56.1 Å². The molecular formula is C21H25F3N2O3. The van der Waals surface area contributed by atoms with Crippen molar-refractivity contribution >= 4 is 5.91 Å². The van der Waals surface area contributed by atoms with E-state index in [1.807, 2.05) is 13.8 Å². The van der Waals surface area contributed by atoms with Gasteiger partial charge in [-0.3, -0.25) is 9.69 Å². The number of benzene rings is 1. The highest BCUT2D eigenvalue weighted by atomic mass is 19.4. The molecule has 0 unspecified atom stereocenters. The van der Waals surface area contributed by atoms with Gasteiger partial charge in [-0.25, -0.2) is 0 Å². The number of rotatable bonds is 6. The topological polar surface area (TPSA) is 54.7 Å². The van der Waals surface area contributed by atoms with Crippen molar-refractivity contribution in [3.63, 3.8) is 0 Å². The summed E-state index contributed by atoms with van der Waals surface area (Å²) in [6.07, 6.45) is -2.78. The molecule has 2 aromatic rings. The minimum atomic E-state index is -4.74. The lowest BCUT2D eigenvalue weighted by Gasteiger charge is -2.31. The molecule has 0 aliphatic carbocycles. The fraction of sp³-hybridized carbons (Fsp3) is 0.476. The molecule has 1 N–H and O–H groups in total. The highest BCUT2D eigenvalue weighted by molar-refractivity contribution is 5.94. The first-order valence-electron chi connectivity index (χ1n) is 9.62. The molecule has 1 aliphatic heterocycles. The predicted octanol–water partition coefficient (Wildman–Crippen LogP) is 4.44. The van der Waals surface area contributed by atoms with Crippen LogP contribution in [0, 0.1) is 19.8 Å². The molecule has 0 spiro atoms. The molecule has 0 radical (unpaired) electrons. The van der Waals surface area contributed by atoms with E-state index in [1.54, 1.807) is 0 Å². The van der Waals surface area contributed by atoms with Crippen molar-refractivity contribution in [2.24, 2.45) is 5.92 Å². The van der Waals surface area contributed by atoms with Crippen molar-refractivity contribution < 1.29 is 27.1 Å². The van der Waals surface area contributed by atoms with E-state index >= 15 is 0 Å². The zero-order valence-corrected chi connectivity index (χ0v) is 16.5. The minimum Gasteiger partial charge on any atom is -0.466 e. The van der Waals surface area contributed by atoms with Gasteiger partial charge in [0.25, 0.3) is 5.91 Å². The smallest absolute Gasteiger partial charge is 0.466 e. The average molecular weight is 410 g/mol. The predicted molar refractivity (Wildman–Crippen MR) is 102 cm³/mol. The SMILES string of the molecule is Cc1cc(CN2CCC(CNC(=O)c3ccc(OC(F)(F)F)cc3)CC2)c(C)o1. The van der Waals surface area contributed by atoms with Gasteiger partial charge in [-0.1, -0.05) is 0 Å². The van der Waals surface area contributed by atoms with Gasteiger partial charge in [-0.05, 0) is 76.0 Å². The maximum atomic E-state index is 12.2. The van der Waals surface area contributed by atoms with E-state index in [9.17, 15) is 18.0 Å². The summed E-state index contributed by atoms with van der Waals surface area (Å²) in [5.41, 5.74) is 1.52. The second kappa shape index (κ2) is 8.90. The number of hydrogen-bond donors (Lipinski definition) is 1. The third kappa shape index (κ3) is 6.25. The minimum absolute atomic E-state index is 0.296. The first-order valence-corrected chi connectivity index (χ1v) is 9.62. The number of aryl methyl sites for hydroxylation is 2. The Balaban J connectivity index is 1.42. The summed E-state index contributed by atoms with van der Waals surface area (Å²) in [4.78, 5) is 14.6. The molecule has 1 amide bonds. The highest BCUT2D eigenvalue weighted by Gasteiger charge is 2.31. The number of carbonyl (C=O) groups excluding carboxylic acids is 1. The molecule has 158 valence electrons. The molecule has 1 aliphatic rings. The van der Waals surface area contributed by atoms with Crippen molar-refractivity contribution in [2.75, 3.05) is 19.6 Å². The summed E-state index contributed by atoms with van der Waals surface area (Å²) >= 11 is 0. The third-order valence-corrected chi connectivity index (χ3v) is 5.15. The number of nitrogens with zero attached hydrogens (tertiary/aromatic N) is 1. The molecule has 29 heavy (non-hydrogen) atoms. The van der Waals surface area contributed by atoms with Crippen LogP contribution in [0.3, 0.4) is 0 Å². The summed E-state index contributed by atoms with van der Waals surface area (Å²) in [7, 11) is 0. The Hall–Kier alpha value is -2.48. The van der Waals surface area contributed by atoms with Crippen LogP contribution >= 0.6 is 0 Å². The van der Waals surface area contributed by atoms with Crippen molar-refractivity contribution in [3.8, 4) is 5.75 Å². The quantitative estimate of drug-likeness (QED) is 0.765. The Morgan fingerprint density at radius 3 is 2.41 bits per heavy atom. The lowest BCUT2D eigenvalue weighted by molar-refractivity contribution is -0.274. The Labute approximate surface area is 167 Å². The molecule has 8 heteroatoms. The van der Waals surface area contributed by atoms with Gasteiger partial charge in [0, 0.05) is 24.2 Å². The van der Waals surface area contributed by atoms with E-state index in [1.165, 1.54) is 17.7 Å². The van der Waals surface area contributed by atoms with Crippen LogP contribution < -0.4 is 10.1 Å². The molecule has 1 aromatic heterocycles. The zero-order valence-electron chi connectivity index (χ0n) is 16.5. The number of carbonyl (C=O) groups is 1. The lowest BCUT2D eigenvalue weighted by Crippen LogP contribution is -2.38. The fourth-order valence-electron chi connectivity index (χ4n) is 3.58. The standard InChI is InChI=1S/C21H25F3N2O3/c1-14-11-18(15(2)28-14)13-26-9-7-16(8-10-26)12-25-20(27)17-3-5-19(6-4-17)29-21(22,23)24/h3-6,11,16H,7-10,12-13H2,1-2H3,(H,25,27). The largest absolute Gasteiger partial charge is 0.573 e. The number of hydrogen-bond acceptors (Lipinski definition) is 4. The first kappa shape index (κ1) is 21.2. The second-order valence-electron chi connectivity index (χ2n) is 7.44. The van der Waals surface area contributed by atoms with E-state index in [2.05, 4.69) is 21.0 Å². The summed E-state index contributed by atoms with van der Waals surface area (Å²) in [6.45, 7) is 7.25. The van der Waals surface area contributed by atoms with Crippen LogP contribution in [0.15, 0.2) is 34.7 Å². The van der Waals surface area contributed by atoms with Crippen molar-refractivity contribution in [2.45, 2.75) is 39.6 Å². The Kier molecular flexibility index (Phi) is 6.52. The molecule has 1 saturated heterocycles. The van der Waals surface area contributed by atoms with Gasteiger partial charge >= 0.3 is 6.36 Å². The third-order valence-electron chi connectivity index (χ3n) is 5.15. The van der Waals surface area contributed by atoms with Crippen LogP contribution in [-0.2, 0) is 6.54 Å². The van der Waals surface area contributed by atoms with Crippen LogP contribution in [0.1, 0.15) is 40.3 Å². The van der Waals surface area contributed by atoms with E-state index in [0.29, 0.717) is 18.0 Å². The number of piperidine rings is 1. The Morgan fingerprint density at radius 2 is 1.86 bits per heavy atom. The van der Waals surface area contributed by atoms with E-state index in [-0.39, 0.29) is 11.7 Å². The number of ether oxygens (including phenoxy) is 1. The molecule has 1 fully saturated rings. The number of likely N-dealkylation sites (tertiary alicyclic amines) is 1. The van der Waals surface area contributed by atoms with Gasteiger partial charge in [0.05, 0.1) is 0 Å². The van der Waals surface area contributed by atoms with Crippen molar-refractivity contribution in [1.29, 1.82) is 0 Å². The summed E-state index contributed by atoms with van der Waals surface area (Å²) in [5.74, 6) is 1.63. The summed E-state index contributed by atoms with van der Waals surface area (Å²) in [5, 5.41) is 2.88. The molecule has 0 saturated carbocycles. The highest BCUT2D eigenvalue weighted by Crippen LogP contribution is 2.23. The number of furan rings is 1. The number of amides is 1. The van der Waals surface area contributed by atoms with Gasteiger partial charge in [-0.15, -0.1) is 13.2 Å². The second-order valence-corrected chi connectivity index (χ2v) is 7.44. The molecule has 0 bridgehead atoms. The van der Waals surface area contributed by atoms with Crippen LogP contribution in [0.2, 0.25) is 0 Å². The van der Waals surface area contributed by atoms with Gasteiger partial charge in [0.2, 0.25) is 0 Å².